The minimum Gasteiger partial charge on any atom is -0.396 e. The van der Waals surface area contributed by atoms with Gasteiger partial charge in [0.25, 0.3) is 5.91 Å². The highest BCUT2D eigenvalue weighted by Crippen LogP contribution is 2.24. The van der Waals surface area contributed by atoms with Crippen molar-refractivity contribution < 1.29 is 4.79 Å². The second-order valence-corrected chi connectivity index (χ2v) is 5.60. The van der Waals surface area contributed by atoms with Crippen LogP contribution in [0.3, 0.4) is 0 Å². The molecular weight excluding hydrogens is 272 g/mol. The van der Waals surface area contributed by atoms with Crippen LogP contribution in [-0.2, 0) is 6.54 Å². The van der Waals surface area contributed by atoms with Gasteiger partial charge in [0.1, 0.15) is 0 Å². The summed E-state index contributed by atoms with van der Waals surface area (Å²) in [6.45, 7) is 4.76. The molecule has 0 bridgehead atoms. The summed E-state index contributed by atoms with van der Waals surface area (Å²) < 4.78 is 1.67. The summed E-state index contributed by atoms with van der Waals surface area (Å²) >= 11 is 1.65. The fraction of sp³-hybridized carbons (Fsp3) is 0.429. The number of nitrogens with one attached hydrogen (secondary N) is 1. The molecule has 0 aliphatic heterocycles. The molecule has 0 aliphatic carbocycles. The first-order valence-corrected chi connectivity index (χ1v) is 7.70. The van der Waals surface area contributed by atoms with E-state index in [2.05, 4.69) is 17.3 Å². The molecule has 2 aromatic rings. The highest BCUT2D eigenvalue weighted by molar-refractivity contribution is 7.10. The Morgan fingerprint density at radius 1 is 1.55 bits per heavy atom. The van der Waals surface area contributed by atoms with E-state index in [1.807, 2.05) is 24.4 Å². The lowest BCUT2D eigenvalue weighted by atomic mass is 10.1. The quantitative estimate of drug-likeness (QED) is 0.860. The van der Waals surface area contributed by atoms with Crippen LogP contribution in [0.1, 0.15) is 48.1 Å². The van der Waals surface area contributed by atoms with Crippen molar-refractivity contribution >= 4 is 22.9 Å². The van der Waals surface area contributed by atoms with Crippen molar-refractivity contribution in [1.82, 2.24) is 15.1 Å². The van der Waals surface area contributed by atoms with Gasteiger partial charge in [0.15, 0.2) is 5.69 Å². The van der Waals surface area contributed by atoms with E-state index in [0.717, 1.165) is 17.7 Å². The van der Waals surface area contributed by atoms with Crippen LogP contribution in [-0.4, -0.2) is 15.7 Å². The molecule has 1 unspecified atom stereocenters. The fourth-order valence-electron chi connectivity index (χ4n) is 2.07. The number of carbonyl (C=O) groups excluding carboxylic acids is 1. The van der Waals surface area contributed by atoms with Gasteiger partial charge in [0.05, 0.1) is 11.7 Å². The predicted molar refractivity (Wildman–Crippen MR) is 81.7 cm³/mol. The Kier molecular flexibility index (Phi) is 4.79. The molecule has 0 aromatic carbocycles. The van der Waals surface area contributed by atoms with Gasteiger partial charge < -0.3 is 11.1 Å². The van der Waals surface area contributed by atoms with E-state index in [9.17, 15) is 4.79 Å². The lowest BCUT2D eigenvalue weighted by Crippen LogP contribution is -2.29. The number of hydrogen-bond acceptors (Lipinski definition) is 4. The van der Waals surface area contributed by atoms with Crippen molar-refractivity contribution in [3.63, 3.8) is 0 Å². The number of nitrogen functional groups attached to an aromatic ring is 1. The third-order valence-electron chi connectivity index (χ3n) is 3.10. The molecule has 20 heavy (non-hydrogen) atoms. The van der Waals surface area contributed by atoms with Crippen LogP contribution < -0.4 is 11.1 Å². The molecule has 5 nitrogen and oxygen atoms in total. The van der Waals surface area contributed by atoms with Gasteiger partial charge in [-0.15, -0.1) is 11.3 Å². The van der Waals surface area contributed by atoms with Gasteiger partial charge in [0.2, 0.25) is 0 Å². The Morgan fingerprint density at radius 2 is 2.35 bits per heavy atom. The van der Waals surface area contributed by atoms with Gasteiger partial charge in [-0.2, -0.15) is 5.10 Å². The third-order valence-corrected chi connectivity index (χ3v) is 4.08. The summed E-state index contributed by atoms with van der Waals surface area (Å²) in [5.41, 5.74) is 6.58. The fourth-order valence-corrected chi connectivity index (χ4v) is 2.88. The van der Waals surface area contributed by atoms with E-state index in [4.69, 9.17) is 5.73 Å². The maximum Gasteiger partial charge on any atom is 0.274 e. The second-order valence-electron chi connectivity index (χ2n) is 4.62. The van der Waals surface area contributed by atoms with Crippen LogP contribution in [0.15, 0.2) is 23.7 Å². The van der Waals surface area contributed by atoms with E-state index < -0.39 is 0 Å². The molecule has 2 heterocycles. The highest BCUT2D eigenvalue weighted by Gasteiger charge is 2.20. The zero-order chi connectivity index (χ0) is 14.5. The van der Waals surface area contributed by atoms with Crippen molar-refractivity contribution in [3.05, 3.63) is 34.3 Å². The van der Waals surface area contributed by atoms with Crippen LogP contribution in [0, 0.1) is 0 Å². The SMILES string of the molecule is CCCC(NC(=O)c1nn(CC)cc1N)c1cccs1. The number of amides is 1. The van der Waals surface area contributed by atoms with E-state index in [1.165, 1.54) is 0 Å². The summed E-state index contributed by atoms with van der Waals surface area (Å²) in [6, 6.07) is 4.06. The Labute approximate surface area is 122 Å². The maximum absolute atomic E-state index is 12.3. The Balaban J connectivity index is 2.13. The molecule has 2 aromatic heterocycles. The molecular formula is C14H20N4OS. The van der Waals surface area contributed by atoms with E-state index >= 15 is 0 Å². The Hall–Kier alpha value is -1.82. The minimum atomic E-state index is -0.207. The largest absolute Gasteiger partial charge is 0.396 e. The number of nitrogens with two attached hydrogens (primary N) is 1. The van der Waals surface area contributed by atoms with Gasteiger partial charge in [0, 0.05) is 17.6 Å². The molecule has 3 N–H and O–H groups in total. The number of anilines is 1. The van der Waals surface area contributed by atoms with Gasteiger partial charge in [-0.3, -0.25) is 9.48 Å². The predicted octanol–water partition coefficient (Wildman–Crippen LogP) is 2.82. The molecule has 108 valence electrons. The molecule has 0 aliphatic rings. The van der Waals surface area contributed by atoms with Gasteiger partial charge in [-0.05, 0) is 24.8 Å². The standard InChI is InChI=1S/C14H20N4OS/c1-3-6-11(12-7-5-8-20-12)16-14(19)13-10(15)9-18(4-2)17-13/h5,7-9,11H,3-4,6,15H2,1-2H3,(H,16,19). The average molecular weight is 292 g/mol. The maximum atomic E-state index is 12.3. The number of rotatable bonds is 6. The summed E-state index contributed by atoms with van der Waals surface area (Å²) in [7, 11) is 0. The van der Waals surface area contributed by atoms with E-state index in [1.54, 1.807) is 22.2 Å². The zero-order valence-electron chi connectivity index (χ0n) is 11.8. The normalized spacial score (nSPS) is 12.3. The molecule has 0 radical (unpaired) electrons. The first-order chi connectivity index (χ1) is 9.65. The molecule has 2 rings (SSSR count). The number of aryl methyl sites for hydroxylation is 1. The lowest BCUT2D eigenvalue weighted by molar-refractivity contribution is 0.0930. The lowest BCUT2D eigenvalue weighted by Gasteiger charge is -2.16. The summed E-state index contributed by atoms with van der Waals surface area (Å²) in [6.07, 6.45) is 3.59. The number of hydrogen-bond donors (Lipinski definition) is 2. The van der Waals surface area contributed by atoms with Crippen molar-refractivity contribution in [3.8, 4) is 0 Å². The van der Waals surface area contributed by atoms with Gasteiger partial charge in [-0.1, -0.05) is 19.4 Å². The summed E-state index contributed by atoms with van der Waals surface area (Å²) in [4.78, 5) is 13.5. The van der Waals surface area contributed by atoms with Gasteiger partial charge >= 0.3 is 0 Å². The first kappa shape index (κ1) is 14.6. The monoisotopic (exact) mass is 292 g/mol. The third kappa shape index (κ3) is 3.19. The first-order valence-electron chi connectivity index (χ1n) is 6.82. The molecule has 1 atom stereocenters. The molecule has 0 saturated heterocycles. The minimum absolute atomic E-state index is 0.0266. The van der Waals surface area contributed by atoms with Crippen LogP contribution in [0.5, 0.6) is 0 Å². The van der Waals surface area contributed by atoms with Crippen LogP contribution in [0.4, 0.5) is 5.69 Å². The molecule has 0 saturated carbocycles. The van der Waals surface area contributed by atoms with Gasteiger partial charge in [-0.25, -0.2) is 0 Å². The topological polar surface area (TPSA) is 72.9 Å². The van der Waals surface area contributed by atoms with E-state index in [-0.39, 0.29) is 11.9 Å². The smallest absolute Gasteiger partial charge is 0.274 e. The Morgan fingerprint density at radius 3 is 2.90 bits per heavy atom. The van der Waals surface area contributed by atoms with Crippen LogP contribution in [0.2, 0.25) is 0 Å². The molecule has 0 spiro atoms. The van der Waals surface area contributed by atoms with Crippen LogP contribution >= 0.6 is 11.3 Å². The molecule has 0 fully saturated rings. The molecule has 1 amide bonds. The van der Waals surface area contributed by atoms with Crippen molar-refractivity contribution in [2.75, 3.05) is 5.73 Å². The second kappa shape index (κ2) is 6.56. The number of thiophene rings is 1. The number of nitrogens with zero attached hydrogens (tertiary/aromatic N) is 2. The summed E-state index contributed by atoms with van der Waals surface area (Å²) in [5, 5.41) is 9.25. The van der Waals surface area contributed by atoms with Crippen molar-refractivity contribution in [2.24, 2.45) is 0 Å². The van der Waals surface area contributed by atoms with Crippen LogP contribution in [0.25, 0.3) is 0 Å². The Bertz CT molecular complexity index is 562. The number of carbonyl (C=O) groups is 1. The van der Waals surface area contributed by atoms with Crippen molar-refractivity contribution in [1.29, 1.82) is 0 Å². The summed E-state index contributed by atoms with van der Waals surface area (Å²) in [5.74, 6) is -0.207. The average Bonchev–Trinajstić information content (AvgIpc) is 3.07. The highest BCUT2D eigenvalue weighted by atomic mass is 32.1. The number of aromatic nitrogens is 2. The van der Waals surface area contributed by atoms with E-state index in [0.29, 0.717) is 17.9 Å². The van der Waals surface area contributed by atoms with Crippen molar-refractivity contribution in [2.45, 2.75) is 39.3 Å². The zero-order valence-corrected chi connectivity index (χ0v) is 12.6. The molecule has 6 heteroatoms.